The molecule has 1 unspecified atom stereocenters. The third-order valence-corrected chi connectivity index (χ3v) is 3.42. The second-order valence-corrected chi connectivity index (χ2v) is 5.09. The molecule has 1 atom stereocenters. The summed E-state index contributed by atoms with van der Waals surface area (Å²) < 4.78 is 0. The van der Waals surface area contributed by atoms with Gasteiger partial charge in [-0.25, -0.2) is 0 Å². The fourth-order valence-electron chi connectivity index (χ4n) is 2.28. The Morgan fingerprint density at radius 3 is 2.94 bits per heavy atom. The van der Waals surface area contributed by atoms with E-state index in [4.69, 9.17) is 5.73 Å². The molecule has 3 N–H and O–H groups in total. The number of nitrogens with zero attached hydrogens (tertiary/aromatic N) is 2. The smallest absolute Gasteiger partial charge is 0.214 e. The van der Waals surface area contributed by atoms with Gasteiger partial charge in [-0.3, -0.25) is 5.43 Å². The second kappa shape index (κ2) is 5.76. The predicted octanol–water partition coefficient (Wildman–Crippen LogP) is 2.37. The van der Waals surface area contributed by atoms with Crippen LogP contribution in [0, 0.1) is 12.8 Å². The molecule has 0 aromatic heterocycles. The number of anilines is 1. The number of nitrogens with one attached hydrogen (secondary N) is 1. The van der Waals surface area contributed by atoms with E-state index >= 15 is 0 Å². The zero-order valence-corrected chi connectivity index (χ0v) is 11.2. The highest BCUT2D eigenvalue weighted by Gasteiger charge is 2.17. The zero-order chi connectivity index (χ0) is 13.0. The Balaban J connectivity index is 1.98. The Morgan fingerprint density at radius 1 is 1.44 bits per heavy atom. The second-order valence-electron chi connectivity index (χ2n) is 5.09. The van der Waals surface area contributed by atoms with Gasteiger partial charge in [0.1, 0.15) is 0 Å². The molecule has 1 aromatic carbocycles. The van der Waals surface area contributed by atoms with Gasteiger partial charge in [-0.2, -0.15) is 0 Å². The Kier molecular flexibility index (Phi) is 4.07. The van der Waals surface area contributed by atoms with Crippen LogP contribution in [-0.4, -0.2) is 23.9 Å². The standard InChI is InChI=1S/C14H22N4/c1-11-6-5-9-18(10-11)14(15)17-16-13-8-4-3-7-12(13)2/h3-4,7-8,11,16H,5-6,9-10H2,1-2H3,(H2,15,17). The molecule has 1 aliphatic rings. The molecule has 4 nitrogen and oxygen atoms in total. The number of benzene rings is 1. The lowest BCUT2D eigenvalue weighted by Crippen LogP contribution is -2.43. The van der Waals surface area contributed by atoms with Crippen LogP contribution in [0.4, 0.5) is 5.69 Å². The Morgan fingerprint density at radius 2 is 2.22 bits per heavy atom. The molecule has 1 fully saturated rings. The first-order valence-corrected chi connectivity index (χ1v) is 6.56. The summed E-state index contributed by atoms with van der Waals surface area (Å²) >= 11 is 0. The molecule has 1 aliphatic heterocycles. The molecule has 0 bridgehead atoms. The van der Waals surface area contributed by atoms with Crippen molar-refractivity contribution in [2.75, 3.05) is 18.5 Å². The summed E-state index contributed by atoms with van der Waals surface area (Å²) in [7, 11) is 0. The first kappa shape index (κ1) is 12.7. The van der Waals surface area contributed by atoms with Gasteiger partial charge in [0.2, 0.25) is 5.96 Å². The van der Waals surface area contributed by atoms with Crippen molar-refractivity contribution in [2.24, 2.45) is 16.8 Å². The van der Waals surface area contributed by atoms with Gasteiger partial charge in [-0.05, 0) is 37.3 Å². The number of nitrogens with two attached hydrogens (primary N) is 1. The van der Waals surface area contributed by atoms with Crippen molar-refractivity contribution < 1.29 is 0 Å². The lowest BCUT2D eigenvalue weighted by molar-refractivity contribution is 0.270. The van der Waals surface area contributed by atoms with Crippen molar-refractivity contribution in [3.05, 3.63) is 29.8 Å². The number of para-hydroxylation sites is 1. The van der Waals surface area contributed by atoms with Crippen LogP contribution < -0.4 is 11.2 Å². The van der Waals surface area contributed by atoms with E-state index in [0.29, 0.717) is 11.9 Å². The molecule has 0 amide bonds. The van der Waals surface area contributed by atoms with Crippen molar-refractivity contribution in [1.29, 1.82) is 0 Å². The average Bonchev–Trinajstić information content (AvgIpc) is 2.37. The van der Waals surface area contributed by atoms with Gasteiger partial charge < -0.3 is 10.6 Å². The molecule has 2 rings (SSSR count). The number of piperidine rings is 1. The van der Waals surface area contributed by atoms with Crippen LogP contribution in [0.3, 0.4) is 0 Å². The lowest BCUT2D eigenvalue weighted by atomic mass is 10.0. The first-order valence-electron chi connectivity index (χ1n) is 6.56. The Labute approximate surface area is 109 Å². The van der Waals surface area contributed by atoms with E-state index in [1.807, 2.05) is 18.2 Å². The molecule has 0 spiro atoms. The SMILES string of the molecule is Cc1ccccc1N/N=C(\N)N1CCCC(C)C1. The molecule has 18 heavy (non-hydrogen) atoms. The Bertz CT molecular complexity index is 428. The van der Waals surface area contributed by atoms with Gasteiger partial charge in [0.05, 0.1) is 5.69 Å². The minimum atomic E-state index is 0.588. The number of hydrogen-bond acceptors (Lipinski definition) is 2. The van der Waals surface area contributed by atoms with Crippen LogP contribution in [0.5, 0.6) is 0 Å². The van der Waals surface area contributed by atoms with Gasteiger partial charge in [0.15, 0.2) is 0 Å². The third kappa shape index (κ3) is 3.15. The summed E-state index contributed by atoms with van der Waals surface area (Å²) in [5.74, 6) is 1.29. The highest BCUT2D eigenvalue weighted by Crippen LogP contribution is 2.16. The lowest BCUT2D eigenvalue weighted by Gasteiger charge is -2.31. The van der Waals surface area contributed by atoms with Crippen LogP contribution in [-0.2, 0) is 0 Å². The molecule has 0 radical (unpaired) electrons. The maximum atomic E-state index is 6.02. The summed E-state index contributed by atoms with van der Waals surface area (Å²) in [4.78, 5) is 2.15. The van der Waals surface area contributed by atoms with E-state index in [9.17, 15) is 0 Å². The number of rotatable bonds is 2. The molecule has 0 aliphatic carbocycles. The predicted molar refractivity (Wildman–Crippen MR) is 76.4 cm³/mol. The van der Waals surface area contributed by atoms with Crippen molar-refractivity contribution >= 4 is 11.6 Å². The highest BCUT2D eigenvalue weighted by atomic mass is 15.4. The van der Waals surface area contributed by atoms with Crippen molar-refractivity contribution in [3.63, 3.8) is 0 Å². The molecule has 0 saturated carbocycles. The summed E-state index contributed by atoms with van der Waals surface area (Å²) in [6.07, 6.45) is 2.48. The largest absolute Gasteiger partial charge is 0.368 e. The van der Waals surface area contributed by atoms with Crippen molar-refractivity contribution in [2.45, 2.75) is 26.7 Å². The van der Waals surface area contributed by atoms with Crippen molar-refractivity contribution in [1.82, 2.24) is 4.90 Å². The van der Waals surface area contributed by atoms with Gasteiger partial charge in [-0.15, -0.1) is 5.10 Å². The molecule has 1 heterocycles. The van der Waals surface area contributed by atoms with E-state index in [2.05, 4.69) is 35.3 Å². The monoisotopic (exact) mass is 246 g/mol. The normalized spacial score (nSPS) is 20.9. The number of aryl methyl sites for hydroxylation is 1. The van der Waals surface area contributed by atoms with Gasteiger partial charge in [-0.1, -0.05) is 25.1 Å². The van der Waals surface area contributed by atoms with E-state index in [1.165, 1.54) is 18.4 Å². The van der Waals surface area contributed by atoms with E-state index in [0.717, 1.165) is 18.8 Å². The first-order chi connectivity index (χ1) is 8.66. The highest BCUT2D eigenvalue weighted by molar-refractivity contribution is 5.79. The van der Waals surface area contributed by atoms with Crippen LogP contribution in [0.25, 0.3) is 0 Å². The van der Waals surface area contributed by atoms with Gasteiger partial charge in [0, 0.05) is 13.1 Å². The molecular weight excluding hydrogens is 224 g/mol. The van der Waals surface area contributed by atoms with E-state index in [-0.39, 0.29) is 0 Å². The minimum absolute atomic E-state index is 0.588. The van der Waals surface area contributed by atoms with Crippen LogP contribution in [0.1, 0.15) is 25.3 Å². The van der Waals surface area contributed by atoms with Gasteiger partial charge >= 0.3 is 0 Å². The number of guanidine groups is 1. The van der Waals surface area contributed by atoms with Crippen LogP contribution >= 0.6 is 0 Å². The zero-order valence-electron chi connectivity index (χ0n) is 11.2. The third-order valence-electron chi connectivity index (χ3n) is 3.42. The number of hydrogen-bond donors (Lipinski definition) is 2. The Hall–Kier alpha value is -1.71. The summed E-state index contributed by atoms with van der Waals surface area (Å²) in [5.41, 5.74) is 11.2. The summed E-state index contributed by atoms with van der Waals surface area (Å²) in [6.45, 7) is 6.32. The number of likely N-dealkylation sites (tertiary alicyclic amines) is 1. The van der Waals surface area contributed by atoms with Crippen molar-refractivity contribution in [3.8, 4) is 0 Å². The van der Waals surface area contributed by atoms with Crippen LogP contribution in [0.2, 0.25) is 0 Å². The minimum Gasteiger partial charge on any atom is -0.368 e. The fourth-order valence-corrected chi connectivity index (χ4v) is 2.28. The molecular formula is C14H22N4. The molecule has 4 heteroatoms. The van der Waals surface area contributed by atoms with Gasteiger partial charge in [0.25, 0.3) is 0 Å². The molecule has 98 valence electrons. The summed E-state index contributed by atoms with van der Waals surface area (Å²) in [6, 6.07) is 8.06. The van der Waals surface area contributed by atoms with Crippen LogP contribution in [0.15, 0.2) is 29.4 Å². The quantitative estimate of drug-likeness (QED) is 0.478. The topological polar surface area (TPSA) is 53.6 Å². The molecule has 1 aromatic rings. The average molecular weight is 246 g/mol. The van der Waals surface area contributed by atoms with E-state index < -0.39 is 0 Å². The fraction of sp³-hybridized carbons (Fsp3) is 0.500. The molecule has 1 saturated heterocycles. The maximum absolute atomic E-state index is 6.02. The summed E-state index contributed by atoms with van der Waals surface area (Å²) in [5, 5.41) is 4.28. The number of hydrazone groups is 1. The van der Waals surface area contributed by atoms with E-state index in [1.54, 1.807) is 0 Å². The maximum Gasteiger partial charge on any atom is 0.214 e.